The minimum Gasteiger partial charge on any atom is -0.385 e. The van der Waals surface area contributed by atoms with Crippen molar-refractivity contribution in [1.82, 2.24) is 9.71 Å². The lowest BCUT2D eigenvalue weighted by Crippen LogP contribution is -2.39. The van der Waals surface area contributed by atoms with Crippen molar-refractivity contribution in [2.45, 2.75) is 58.6 Å². The lowest BCUT2D eigenvalue weighted by Gasteiger charge is -2.19. The Kier molecular flexibility index (Phi) is 6.45. The second-order valence-electron chi connectivity index (χ2n) is 7.39. The number of benzene rings is 1. The van der Waals surface area contributed by atoms with Crippen molar-refractivity contribution in [3.8, 4) is 0 Å². The van der Waals surface area contributed by atoms with Gasteiger partial charge in [-0.15, -0.1) is 11.3 Å². The van der Waals surface area contributed by atoms with Crippen LogP contribution in [-0.2, 0) is 10.0 Å². The van der Waals surface area contributed by atoms with Crippen LogP contribution in [-0.4, -0.2) is 31.2 Å². The summed E-state index contributed by atoms with van der Waals surface area (Å²) in [6, 6.07) is 2.16. The molecule has 1 aromatic heterocycles. The first-order valence-corrected chi connectivity index (χ1v) is 11.1. The summed E-state index contributed by atoms with van der Waals surface area (Å²) in [5.41, 5.74) is 6.61. The van der Waals surface area contributed by atoms with Gasteiger partial charge in [-0.05, 0) is 64.7 Å². The first-order chi connectivity index (χ1) is 11.6. The molecule has 0 bridgehead atoms. The van der Waals surface area contributed by atoms with Gasteiger partial charge in [-0.2, -0.15) is 0 Å². The largest absolute Gasteiger partial charge is 0.385 e. The summed E-state index contributed by atoms with van der Waals surface area (Å²) in [5.74, 6) is 0. The molecular weight excluding hydrogens is 354 g/mol. The van der Waals surface area contributed by atoms with E-state index in [1.54, 1.807) is 32.1 Å². The number of fused-ring (bicyclic) bond motifs is 1. The second kappa shape index (κ2) is 8.01. The van der Waals surface area contributed by atoms with E-state index in [0.29, 0.717) is 6.54 Å². The summed E-state index contributed by atoms with van der Waals surface area (Å²) in [6.45, 7) is 10.7. The van der Waals surface area contributed by atoms with Crippen LogP contribution in [0.2, 0.25) is 0 Å². The third-order valence-corrected chi connectivity index (χ3v) is 7.46. The van der Waals surface area contributed by atoms with Crippen LogP contribution < -0.4 is 10.0 Å². The van der Waals surface area contributed by atoms with Gasteiger partial charge in [0.15, 0.2) is 0 Å². The van der Waals surface area contributed by atoms with Crippen LogP contribution in [0.5, 0.6) is 0 Å². The lowest BCUT2D eigenvalue weighted by molar-refractivity contribution is 0.540. The van der Waals surface area contributed by atoms with E-state index in [9.17, 15) is 8.42 Å². The normalized spacial score (nSPS) is 12.7. The predicted octanol–water partition coefficient (Wildman–Crippen LogP) is 4.21. The summed E-state index contributed by atoms with van der Waals surface area (Å²) >= 11 is 1.68. The molecule has 0 amide bonds. The maximum Gasteiger partial charge on any atom is 0.216 e. The first kappa shape index (κ1) is 20.1. The Hall–Kier alpha value is -1.18. The summed E-state index contributed by atoms with van der Waals surface area (Å²) in [5, 5.41) is 3.51. The molecule has 0 aliphatic heterocycles. The fraction of sp³-hybridized carbons (Fsp3) is 0.611. The van der Waals surface area contributed by atoms with Gasteiger partial charge in [0.25, 0.3) is 0 Å². The van der Waals surface area contributed by atoms with E-state index in [0.717, 1.165) is 31.3 Å². The zero-order valence-electron chi connectivity index (χ0n) is 15.8. The number of aryl methyl sites for hydroxylation is 2. The Morgan fingerprint density at radius 2 is 1.80 bits per heavy atom. The zero-order chi connectivity index (χ0) is 18.7. The van der Waals surface area contributed by atoms with E-state index in [1.807, 2.05) is 5.51 Å². The Bertz CT molecular complexity index is 821. The number of anilines is 1. The monoisotopic (exact) mass is 383 g/mol. The molecule has 2 aromatic rings. The number of aromatic nitrogens is 1. The van der Waals surface area contributed by atoms with Crippen LogP contribution in [0.4, 0.5) is 5.69 Å². The van der Waals surface area contributed by atoms with Gasteiger partial charge >= 0.3 is 0 Å². The SMILES string of the molecule is Cc1cc(NCCCCCNS(=O)(=O)C(C)(C)C)c(C)c2scnc12. The van der Waals surface area contributed by atoms with E-state index < -0.39 is 14.8 Å². The molecule has 7 heteroatoms. The summed E-state index contributed by atoms with van der Waals surface area (Å²) in [7, 11) is -3.23. The van der Waals surface area contributed by atoms with Crippen LogP contribution in [0.25, 0.3) is 10.2 Å². The van der Waals surface area contributed by atoms with Crippen molar-refractivity contribution in [1.29, 1.82) is 0 Å². The smallest absolute Gasteiger partial charge is 0.216 e. The van der Waals surface area contributed by atoms with Gasteiger partial charge in [0, 0.05) is 18.8 Å². The molecule has 0 aliphatic rings. The Balaban J connectivity index is 1.75. The van der Waals surface area contributed by atoms with Gasteiger partial charge in [-0.1, -0.05) is 6.42 Å². The summed E-state index contributed by atoms with van der Waals surface area (Å²) in [4.78, 5) is 4.42. The van der Waals surface area contributed by atoms with Crippen molar-refractivity contribution in [2.75, 3.05) is 18.4 Å². The van der Waals surface area contributed by atoms with Crippen molar-refractivity contribution >= 4 is 37.3 Å². The molecular formula is C18H29N3O2S2. The Labute approximate surface area is 155 Å². The number of thiazole rings is 1. The molecule has 0 saturated carbocycles. The van der Waals surface area contributed by atoms with E-state index in [-0.39, 0.29) is 0 Å². The molecule has 0 saturated heterocycles. The highest BCUT2D eigenvalue weighted by Crippen LogP contribution is 2.30. The van der Waals surface area contributed by atoms with Gasteiger partial charge in [-0.3, -0.25) is 0 Å². The van der Waals surface area contributed by atoms with Gasteiger partial charge in [0.1, 0.15) is 0 Å². The predicted molar refractivity (Wildman–Crippen MR) is 108 cm³/mol. The molecule has 25 heavy (non-hydrogen) atoms. The highest BCUT2D eigenvalue weighted by Gasteiger charge is 2.27. The molecule has 0 aliphatic carbocycles. The summed E-state index contributed by atoms with van der Waals surface area (Å²) in [6.07, 6.45) is 2.85. The third kappa shape index (κ3) is 4.92. The molecule has 0 unspecified atom stereocenters. The molecule has 0 atom stereocenters. The van der Waals surface area contributed by atoms with Crippen LogP contribution in [0, 0.1) is 13.8 Å². The Morgan fingerprint density at radius 1 is 1.12 bits per heavy atom. The topological polar surface area (TPSA) is 71.1 Å². The zero-order valence-corrected chi connectivity index (χ0v) is 17.4. The van der Waals surface area contributed by atoms with E-state index in [1.165, 1.54) is 21.5 Å². The van der Waals surface area contributed by atoms with E-state index in [2.05, 4.69) is 34.9 Å². The molecule has 2 N–H and O–H groups in total. The minimum atomic E-state index is -3.23. The number of hydrogen-bond donors (Lipinski definition) is 2. The first-order valence-electron chi connectivity index (χ1n) is 8.70. The maximum absolute atomic E-state index is 12.0. The van der Waals surface area contributed by atoms with E-state index in [4.69, 9.17) is 0 Å². The quantitative estimate of drug-likeness (QED) is 0.670. The number of rotatable bonds is 8. The Morgan fingerprint density at radius 3 is 2.48 bits per heavy atom. The van der Waals surface area contributed by atoms with Crippen molar-refractivity contribution in [2.24, 2.45) is 0 Å². The number of nitrogens with zero attached hydrogens (tertiary/aromatic N) is 1. The lowest BCUT2D eigenvalue weighted by atomic mass is 10.1. The van der Waals surface area contributed by atoms with Crippen molar-refractivity contribution < 1.29 is 8.42 Å². The molecule has 5 nitrogen and oxygen atoms in total. The second-order valence-corrected chi connectivity index (χ2v) is 10.8. The highest BCUT2D eigenvalue weighted by atomic mass is 32.2. The van der Waals surface area contributed by atoms with E-state index >= 15 is 0 Å². The van der Waals surface area contributed by atoms with Gasteiger partial charge in [-0.25, -0.2) is 18.1 Å². The van der Waals surface area contributed by atoms with Crippen molar-refractivity contribution in [3.63, 3.8) is 0 Å². The number of sulfonamides is 1. The number of hydrogen-bond acceptors (Lipinski definition) is 5. The standard InChI is InChI=1S/C18H29N3O2S2/c1-13-11-15(14(2)17-16(13)20-12-24-17)19-9-7-6-8-10-21-25(22,23)18(3,4)5/h11-12,19,21H,6-10H2,1-5H3. The van der Waals surface area contributed by atoms with Crippen LogP contribution >= 0.6 is 11.3 Å². The van der Waals surface area contributed by atoms with Gasteiger partial charge in [0.2, 0.25) is 10.0 Å². The molecule has 0 fully saturated rings. The maximum atomic E-state index is 12.0. The van der Waals surface area contributed by atoms with Crippen LogP contribution in [0.3, 0.4) is 0 Å². The van der Waals surface area contributed by atoms with Crippen LogP contribution in [0.1, 0.15) is 51.2 Å². The highest BCUT2D eigenvalue weighted by molar-refractivity contribution is 7.90. The van der Waals surface area contributed by atoms with Crippen molar-refractivity contribution in [3.05, 3.63) is 22.7 Å². The molecule has 2 rings (SSSR count). The average molecular weight is 384 g/mol. The number of nitrogens with one attached hydrogen (secondary N) is 2. The molecule has 1 heterocycles. The number of unbranched alkanes of at least 4 members (excludes halogenated alkanes) is 2. The van der Waals surface area contributed by atoms with Gasteiger partial charge in [0.05, 0.1) is 20.5 Å². The molecule has 140 valence electrons. The fourth-order valence-electron chi connectivity index (χ4n) is 2.57. The molecule has 1 aromatic carbocycles. The molecule has 0 radical (unpaired) electrons. The average Bonchev–Trinajstić information content (AvgIpc) is 3.00. The van der Waals surface area contributed by atoms with Crippen LogP contribution in [0.15, 0.2) is 11.6 Å². The van der Waals surface area contributed by atoms with Gasteiger partial charge < -0.3 is 5.32 Å². The molecule has 0 spiro atoms. The minimum absolute atomic E-state index is 0.505. The summed E-state index contributed by atoms with van der Waals surface area (Å²) < 4.78 is 27.1. The fourth-order valence-corrected chi connectivity index (χ4v) is 4.29. The third-order valence-electron chi connectivity index (χ3n) is 4.31.